The lowest BCUT2D eigenvalue weighted by Gasteiger charge is -2.32. The summed E-state index contributed by atoms with van der Waals surface area (Å²) in [4.78, 5) is 12.9. The van der Waals surface area contributed by atoms with E-state index in [-0.39, 0.29) is 12.5 Å². The number of ether oxygens (including phenoxy) is 2. The van der Waals surface area contributed by atoms with Crippen LogP contribution in [0.15, 0.2) is 42.5 Å². The second-order valence-electron chi connectivity index (χ2n) is 6.70. The number of carbonyl (C=O) groups is 1. The van der Waals surface area contributed by atoms with Crippen molar-refractivity contribution >= 4 is 17.6 Å². The summed E-state index contributed by atoms with van der Waals surface area (Å²) < 4.78 is 11.7. The van der Waals surface area contributed by atoms with Crippen molar-refractivity contribution in [1.82, 2.24) is 4.90 Å². The highest BCUT2D eigenvalue weighted by atomic mass is 35.5. The van der Waals surface area contributed by atoms with Gasteiger partial charge in [-0.2, -0.15) is 0 Å². The maximum absolute atomic E-state index is 10.8. The normalized spacial score (nSPS) is 17.6. The molecule has 0 spiro atoms. The minimum Gasteiger partial charge on any atom is -0.489 e. The van der Waals surface area contributed by atoms with Gasteiger partial charge in [-0.15, -0.1) is 0 Å². The number of rotatable bonds is 7. The molecule has 27 heavy (non-hydrogen) atoms. The van der Waals surface area contributed by atoms with E-state index in [0.29, 0.717) is 31.3 Å². The second-order valence-corrected chi connectivity index (χ2v) is 7.10. The van der Waals surface area contributed by atoms with Crippen molar-refractivity contribution < 1.29 is 19.4 Å². The molecule has 5 nitrogen and oxygen atoms in total. The van der Waals surface area contributed by atoms with Crippen molar-refractivity contribution in [2.75, 3.05) is 26.2 Å². The predicted molar refractivity (Wildman–Crippen MR) is 104 cm³/mol. The number of carboxylic acid groups (broad SMARTS) is 1. The highest BCUT2D eigenvalue weighted by Gasteiger charge is 2.22. The molecule has 0 amide bonds. The molecule has 1 unspecified atom stereocenters. The van der Waals surface area contributed by atoms with Crippen LogP contribution < -0.4 is 4.74 Å². The van der Waals surface area contributed by atoms with Crippen LogP contribution >= 0.6 is 11.6 Å². The summed E-state index contributed by atoms with van der Waals surface area (Å²) in [6.45, 7) is 5.06. The molecule has 1 aliphatic heterocycles. The SMILES string of the molecule is Cc1cccc(Cl)c1COc1ccc(C2CN(CCC(=O)O)CCO2)cc1. The van der Waals surface area contributed by atoms with E-state index < -0.39 is 5.97 Å². The number of nitrogens with zero attached hydrogens (tertiary/aromatic N) is 1. The summed E-state index contributed by atoms with van der Waals surface area (Å²) in [7, 11) is 0. The van der Waals surface area contributed by atoms with Gasteiger partial charge < -0.3 is 14.6 Å². The number of carboxylic acids is 1. The average Bonchev–Trinajstić information content (AvgIpc) is 2.67. The Hall–Kier alpha value is -2.08. The van der Waals surface area contributed by atoms with Crippen LogP contribution in [0.4, 0.5) is 0 Å². The summed E-state index contributed by atoms with van der Waals surface area (Å²) in [6, 6.07) is 13.7. The third-order valence-corrected chi connectivity index (χ3v) is 5.13. The molecule has 3 rings (SSSR count). The quantitative estimate of drug-likeness (QED) is 0.773. The smallest absolute Gasteiger partial charge is 0.304 e. The van der Waals surface area contributed by atoms with Gasteiger partial charge >= 0.3 is 5.97 Å². The third kappa shape index (κ3) is 5.45. The summed E-state index contributed by atoms with van der Waals surface area (Å²) in [5.41, 5.74) is 3.17. The summed E-state index contributed by atoms with van der Waals surface area (Å²) in [5, 5.41) is 9.56. The van der Waals surface area contributed by atoms with Crippen molar-refractivity contribution in [3.63, 3.8) is 0 Å². The Bertz CT molecular complexity index is 758. The van der Waals surface area contributed by atoms with E-state index in [1.807, 2.05) is 49.4 Å². The van der Waals surface area contributed by atoms with Crippen LogP contribution in [0, 0.1) is 6.92 Å². The number of halogens is 1. The number of aryl methyl sites for hydroxylation is 1. The van der Waals surface area contributed by atoms with Crippen LogP contribution in [0.3, 0.4) is 0 Å². The van der Waals surface area contributed by atoms with Crippen molar-refractivity contribution in [1.29, 1.82) is 0 Å². The minimum atomic E-state index is -0.770. The number of benzene rings is 2. The molecule has 1 aliphatic rings. The molecule has 0 bridgehead atoms. The first-order chi connectivity index (χ1) is 13.0. The molecule has 1 fully saturated rings. The van der Waals surface area contributed by atoms with E-state index in [2.05, 4.69) is 4.90 Å². The number of morpholine rings is 1. The largest absolute Gasteiger partial charge is 0.489 e. The summed E-state index contributed by atoms with van der Waals surface area (Å²) in [5.74, 6) is 0.00455. The first-order valence-corrected chi connectivity index (χ1v) is 9.43. The average molecular weight is 390 g/mol. The van der Waals surface area contributed by atoms with Gasteiger partial charge in [0.15, 0.2) is 0 Å². The van der Waals surface area contributed by atoms with Gasteiger partial charge in [-0.25, -0.2) is 0 Å². The summed E-state index contributed by atoms with van der Waals surface area (Å²) >= 11 is 6.24. The van der Waals surface area contributed by atoms with E-state index in [1.54, 1.807) is 0 Å². The van der Waals surface area contributed by atoms with Crippen LogP contribution in [0.5, 0.6) is 5.75 Å². The molecule has 0 aromatic heterocycles. The Kier molecular flexibility index (Phi) is 6.72. The Morgan fingerprint density at radius 3 is 2.78 bits per heavy atom. The van der Waals surface area contributed by atoms with Gasteiger partial charge in [0.25, 0.3) is 0 Å². The van der Waals surface area contributed by atoms with E-state index >= 15 is 0 Å². The Morgan fingerprint density at radius 2 is 2.07 bits per heavy atom. The maximum Gasteiger partial charge on any atom is 0.304 e. The Labute approximate surface area is 164 Å². The summed E-state index contributed by atoms with van der Waals surface area (Å²) in [6.07, 6.45) is 0.105. The number of hydrogen-bond donors (Lipinski definition) is 1. The van der Waals surface area contributed by atoms with Crippen LogP contribution in [-0.2, 0) is 16.1 Å². The highest BCUT2D eigenvalue weighted by Crippen LogP contribution is 2.26. The van der Waals surface area contributed by atoms with Gasteiger partial charge in [-0.05, 0) is 36.2 Å². The zero-order valence-corrected chi connectivity index (χ0v) is 16.1. The number of aliphatic carboxylic acids is 1. The van der Waals surface area contributed by atoms with Crippen molar-refractivity contribution in [2.45, 2.75) is 26.1 Å². The van der Waals surface area contributed by atoms with Gasteiger partial charge in [0, 0.05) is 30.2 Å². The van der Waals surface area contributed by atoms with Gasteiger partial charge in [0.05, 0.1) is 19.1 Å². The highest BCUT2D eigenvalue weighted by molar-refractivity contribution is 6.31. The molecule has 0 saturated carbocycles. The topological polar surface area (TPSA) is 59.0 Å². The molecule has 6 heteroatoms. The minimum absolute atomic E-state index is 0.0487. The van der Waals surface area contributed by atoms with Gasteiger partial charge in [-0.3, -0.25) is 9.69 Å². The fourth-order valence-corrected chi connectivity index (χ4v) is 3.42. The Morgan fingerprint density at radius 1 is 1.30 bits per heavy atom. The van der Waals surface area contributed by atoms with Gasteiger partial charge in [0.1, 0.15) is 12.4 Å². The molecule has 1 heterocycles. The molecule has 1 atom stereocenters. The molecular weight excluding hydrogens is 366 g/mol. The maximum atomic E-state index is 10.8. The lowest BCUT2D eigenvalue weighted by atomic mass is 10.1. The monoisotopic (exact) mass is 389 g/mol. The van der Waals surface area contributed by atoms with Crippen LogP contribution in [0.2, 0.25) is 5.02 Å². The fourth-order valence-electron chi connectivity index (χ4n) is 3.14. The predicted octanol–water partition coefficient (Wildman–Crippen LogP) is 4.08. The van der Waals surface area contributed by atoms with Crippen molar-refractivity contribution in [3.8, 4) is 5.75 Å². The molecule has 2 aromatic rings. The lowest BCUT2D eigenvalue weighted by Crippen LogP contribution is -2.39. The van der Waals surface area contributed by atoms with Crippen LogP contribution in [0.1, 0.15) is 29.2 Å². The first kappa shape index (κ1) is 19.7. The molecule has 2 aromatic carbocycles. The molecular formula is C21H24ClNO4. The molecule has 1 N–H and O–H groups in total. The lowest BCUT2D eigenvalue weighted by molar-refractivity contribution is -0.137. The standard InChI is InChI=1S/C21H24ClNO4/c1-15-3-2-4-19(22)18(15)14-27-17-7-5-16(6-8-17)20-13-23(11-12-26-20)10-9-21(24)25/h2-8,20H,9-14H2,1H3,(H,24,25). The van der Waals surface area contributed by atoms with Crippen molar-refractivity contribution in [2.24, 2.45) is 0 Å². The van der Waals surface area contributed by atoms with E-state index in [9.17, 15) is 4.79 Å². The van der Waals surface area contributed by atoms with E-state index in [0.717, 1.165) is 29.0 Å². The van der Waals surface area contributed by atoms with Crippen LogP contribution in [-0.4, -0.2) is 42.2 Å². The van der Waals surface area contributed by atoms with Gasteiger partial charge in [-0.1, -0.05) is 35.9 Å². The third-order valence-electron chi connectivity index (χ3n) is 4.78. The molecule has 0 aliphatic carbocycles. The fraction of sp³-hybridized carbons (Fsp3) is 0.381. The zero-order valence-electron chi connectivity index (χ0n) is 15.4. The molecule has 0 radical (unpaired) electrons. The van der Waals surface area contributed by atoms with Crippen LogP contribution in [0.25, 0.3) is 0 Å². The Balaban J connectivity index is 1.57. The van der Waals surface area contributed by atoms with E-state index in [1.165, 1.54) is 0 Å². The number of hydrogen-bond acceptors (Lipinski definition) is 4. The van der Waals surface area contributed by atoms with Gasteiger partial charge in [0.2, 0.25) is 0 Å². The van der Waals surface area contributed by atoms with Crippen molar-refractivity contribution in [3.05, 3.63) is 64.2 Å². The first-order valence-electron chi connectivity index (χ1n) is 9.05. The molecule has 1 saturated heterocycles. The second kappa shape index (κ2) is 9.22. The van der Waals surface area contributed by atoms with E-state index in [4.69, 9.17) is 26.2 Å². The zero-order chi connectivity index (χ0) is 19.2. The molecule has 144 valence electrons.